The Morgan fingerprint density at radius 1 is 0.543 bits per heavy atom. The molecule has 202 valence electrons. The molecule has 1 aromatic rings. The standard InChI is InChI=1S/C24H41NO10/c1-27-6-7-28-8-9-29-10-11-30-12-13-31-14-15-32-16-17-33-18-19-34-20-21-35-24(26)22-2-4-23(25)5-3-22/h2-5H,6-21,25H2,1H3. The number of benzene rings is 1. The van der Waals surface area contributed by atoms with Gasteiger partial charge in [-0.15, -0.1) is 0 Å². The zero-order valence-corrected chi connectivity index (χ0v) is 20.8. The molecular formula is C24H41NO10. The van der Waals surface area contributed by atoms with E-state index in [-0.39, 0.29) is 6.61 Å². The lowest BCUT2D eigenvalue weighted by Crippen LogP contribution is -2.15. The first kappa shape index (κ1) is 31.2. The highest BCUT2D eigenvalue weighted by atomic mass is 16.6. The number of nitrogen functional groups attached to an aromatic ring is 1. The maximum Gasteiger partial charge on any atom is 0.338 e. The van der Waals surface area contributed by atoms with Gasteiger partial charge in [0.15, 0.2) is 0 Å². The van der Waals surface area contributed by atoms with Crippen molar-refractivity contribution in [2.45, 2.75) is 0 Å². The van der Waals surface area contributed by atoms with Gasteiger partial charge >= 0.3 is 5.97 Å². The number of hydrogen-bond donors (Lipinski definition) is 1. The maximum absolute atomic E-state index is 11.8. The predicted octanol–water partition coefficient (Wildman–Crippen LogP) is 1.19. The van der Waals surface area contributed by atoms with E-state index in [1.54, 1.807) is 31.4 Å². The Morgan fingerprint density at radius 3 is 1.20 bits per heavy atom. The molecule has 0 spiro atoms. The Labute approximate surface area is 208 Å². The molecule has 0 unspecified atom stereocenters. The fourth-order valence-corrected chi connectivity index (χ4v) is 2.46. The number of nitrogens with two attached hydrogens (primary N) is 1. The Morgan fingerprint density at radius 2 is 0.857 bits per heavy atom. The average molecular weight is 504 g/mol. The molecule has 11 heteroatoms. The summed E-state index contributed by atoms with van der Waals surface area (Å²) >= 11 is 0. The van der Waals surface area contributed by atoms with E-state index in [2.05, 4.69) is 0 Å². The summed E-state index contributed by atoms with van der Waals surface area (Å²) < 4.78 is 47.7. The van der Waals surface area contributed by atoms with Crippen molar-refractivity contribution in [3.63, 3.8) is 0 Å². The van der Waals surface area contributed by atoms with Crippen LogP contribution in [0.15, 0.2) is 24.3 Å². The number of rotatable bonds is 25. The van der Waals surface area contributed by atoms with Crippen molar-refractivity contribution in [3.05, 3.63) is 29.8 Å². The lowest BCUT2D eigenvalue weighted by molar-refractivity contribution is -0.0235. The van der Waals surface area contributed by atoms with Crippen LogP contribution in [0, 0.1) is 0 Å². The molecule has 2 N–H and O–H groups in total. The third kappa shape index (κ3) is 20.1. The Hall–Kier alpha value is -1.83. The summed E-state index contributed by atoms with van der Waals surface area (Å²) in [6.45, 7) is 7.60. The molecular weight excluding hydrogens is 462 g/mol. The molecule has 1 aromatic carbocycles. The molecule has 0 aliphatic rings. The Balaban J connectivity index is 1.70. The van der Waals surface area contributed by atoms with E-state index in [0.717, 1.165) is 0 Å². The number of esters is 1. The molecule has 0 aliphatic heterocycles. The molecule has 0 bridgehead atoms. The van der Waals surface area contributed by atoms with Crippen LogP contribution in [0.25, 0.3) is 0 Å². The van der Waals surface area contributed by atoms with Crippen LogP contribution in [0.4, 0.5) is 5.69 Å². The van der Waals surface area contributed by atoms with Gasteiger partial charge in [0.1, 0.15) is 6.61 Å². The van der Waals surface area contributed by atoms with Gasteiger partial charge in [0.25, 0.3) is 0 Å². The van der Waals surface area contributed by atoms with Crippen LogP contribution < -0.4 is 5.73 Å². The van der Waals surface area contributed by atoms with E-state index in [0.29, 0.717) is 110 Å². The quantitative estimate of drug-likeness (QED) is 0.117. The minimum atomic E-state index is -0.403. The lowest BCUT2D eigenvalue weighted by Gasteiger charge is -2.09. The van der Waals surface area contributed by atoms with Crippen molar-refractivity contribution in [1.29, 1.82) is 0 Å². The van der Waals surface area contributed by atoms with Gasteiger partial charge in [0, 0.05) is 12.8 Å². The second-order valence-electron chi connectivity index (χ2n) is 7.04. The van der Waals surface area contributed by atoms with Gasteiger partial charge in [-0.2, -0.15) is 0 Å². The van der Waals surface area contributed by atoms with Crippen molar-refractivity contribution in [2.24, 2.45) is 0 Å². The smallest absolute Gasteiger partial charge is 0.338 e. The minimum Gasteiger partial charge on any atom is -0.460 e. The maximum atomic E-state index is 11.8. The summed E-state index contributed by atoms with van der Waals surface area (Å²) in [5, 5.41) is 0. The molecule has 0 aromatic heterocycles. The molecule has 0 saturated carbocycles. The minimum absolute atomic E-state index is 0.177. The van der Waals surface area contributed by atoms with Gasteiger partial charge in [0.05, 0.1) is 105 Å². The number of anilines is 1. The van der Waals surface area contributed by atoms with Crippen LogP contribution >= 0.6 is 0 Å². The summed E-state index contributed by atoms with van der Waals surface area (Å²) in [4.78, 5) is 11.8. The second kappa shape index (κ2) is 23.9. The monoisotopic (exact) mass is 503 g/mol. The fourth-order valence-electron chi connectivity index (χ4n) is 2.46. The second-order valence-corrected chi connectivity index (χ2v) is 7.04. The first-order valence-corrected chi connectivity index (χ1v) is 11.8. The van der Waals surface area contributed by atoms with Crippen LogP contribution in [-0.2, 0) is 42.6 Å². The highest BCUT2D eigenvalue weighted by Crippen LogP contribution is 2.06. The molecule has 0 amide bonds. The van der Waals surface area contributed by atoms with E-state index < -0.39 is 5.97 Å². The van der Waals surface area contributed by atoms with E-state index in [1.165, 1.54) is 0 Å². The number of carbonyl (C=O) groups is 1. The van der Waals surface area contributed by atoms with Gasteiger partial charge < -0.3 is 48.4 Å². The van der Waals surface area contributed by atoms with Gasteiger partial charge in [-0.3, -0.25) is 0 Å². The number of carbonyl (C=O) groups excluding carboxylic acids is 1. The third-order valence-electron chi connectivity index (χ3n) is 4.27. The molecule has 0 radical (unpaired) electrons. The topological polar surface area (TPSA) is 126 Å². The van der Waals surface area contributed by atoms with Crippen LogP contribution in [0.1, 0.15) is 10.4 Å². The largest absolute Gasteiger partial charge is 0.460 e. The van der Waals surface area contributed by atoms with Crippen LogP contribution in [0.3, 0.4) is 0 Å². The summed E-state index contributed by atoms with van der Waals surface area (Å²) in [5.41, 5.74) is 6.64. The average Bonchev–Trinajstić information content (AvgIpc) is 2.87. The van der Waals surface area contributed by atoms with Crippen LogP contribution in [0.2, 0.25) is 0 Å². The SMILES string of the molecule is COCCOCCOCCOCCOCCOCCOCCOCCOC(=O)c1ccc(N)cc1. The van der Waals surface area contributed by atoms with Crippen LogP contribution in [0.5, 0.6) is 0 Å². The highest BCUT2D eigenvalue weighted by molar-refractivity contribution is 5.89. The number of ether oxygens (including phenoxy) is 9. The van der Waals surface area contributed by atoms with E-state index in [1.807, 2.05) is 0 Å². The molecule has 35 heavy (non-hydrogen) atoms. The molecule has 0 saturated heterocycles. The van der Waals surface area contributed by atoms with E-state index in [4.69, 9.17) is 48.4 Å². The third-order valence-corrected chi connectivity index (χ3v) is 4.27. The first-order valence-electron chi connectivity index (χ1n) is 11.8. The van der Waals surface area contributed by atoms with Gasteiger partial charge in [-0.25, -0.2) is 4.79 Å². The van der Waals surface area contributed by atoms with E-state index >= 15 is 0 Å². The summed E-state index contributed by atoms with van der Waals surface area (Å²) in [7, 11) is 1.64. The van der Waals surface area contributed by atoms with Crippen molar-refractivity contribution in [2.75, 3.05) is 119 Å². The summed E-state index contributed by atoms with van der Waals surface area (Å²) in [5.74, 6) is -0.403. The van der Waals surface area contributed by atoms with Gasteiger partial charge in [-0.05, 0) is 24.3 Å². The predicted molar refractivity (Wildman–Crippen MR) is 129 cm³/mol. The lowest BCUT2D eigenvalue weighted by atomic mass is 10.2. The number of methoxy groups -OCH3 is 1. The van der Waals surface area contributed by atoms with E-state index in [9.17, 15) is 4.79 Å². The molecule has 0 fully saturated rings. The fraction of sp³-hybridized carbons (Fsp3) is 0.708. The van der Waals surface area contributed by atoms with Crippen molar-refractivity contribution in [1.82, 2.24) is 0 Å². The zero-order valence-electron chi connectivity index (χ0n) is 20.8. The summed E-state index contributed by atoms with van der Waals surface area (Å²) in [6.07, 6.45) is 0. The Bertz CT molecular complexity index is 602. The normalized spacial score (nSPS) is 11.1. The molecule has 0 atom stereocenters. The van der Waals surface area contributed by atoms with Crippen molar-refractivity contribution in [3.8, 4) is 0 Å². The molecule has 11 nitrogen and oxygen atoms in total. The van der Waals surface area contributed by atoms with Crippen molar-refractivity contribution < 1.29 is 47.4 Å². The molecule has 1 rings (SSSR count). The summed E-state index contributed by atoms with van der Waals surface area (Å²) in [6, 6.07) is 6.55. The van der Waals surface area contributed by atoms with Crippen molar-refractivity contribution >= 4 is 11.7 Å². The number of hydrogen-bond acceptors (Lipinski definition) is 11. The highest BCUT2D eigenvalue weighted by Gasteiger charge is 2.06. The first-order chi connectivity index (χ1) is 17.2. The zero-order chi connectivity index (χ0) is 25.2. The van der Waals surface area contributed by atoms with Gasteiger partial charge in [-0.1, -0.05) is 0 Å². The molecule has 0 heterocycles. The van der Waals surface area contributed by atoms with Crippen LogP contribution in [-0.4, -0.2) is 119 Å². The Kier molecular flexibility index (Phi) is 21.3. The molecule has 0 aliphatic carbocycles. The van der Waals surface area contributed by atoms with Gasteiger partial charge in [0.2, 0.25) is 0 Å².